The Morgan fingerprint density at radius 1 is 1.55 bits per heavy atom. The van der Waals surface area contributed by atoms with Crippen LogP contribution in [0.1, 0.15) is 20.8 Å². The largest absolute Gasteiger partial charge is 0.362 e. The molecule has 0 bridgehead atoms. The fraction of sp³-hybridized carbons (Fsp3) is 0.667. The van der Waals surface area contributed by atoms with Gasteiger partial charge in [0.05, 0.1) is 4.75 Å². The second kappa shape index (κ2) is 3.61. The van der Waals surface area contributed by atoms with E-state index in [0.717, 1.165) is 0 Å². The zero-order valence-electron chi connectivity index (χ0n) is 6.71. The highest BCUT2D eigenvalue weighted by Gasteiger charge is 2.23. The van der Waals surface area contributed by atoms with Gasteiger partial charge < -0.3 is 9.59 Å². The van der Waals surface area contributed by atoms with Crippen molar-refractivity contribution in [3.63, 3.8) is 0 Å². The van der Waals surface area contributed by atoms with Crippen molar-refractivity contribution in [3.8, 4) is 0 Å². The number of carbonyl (C=O) groups excluding carboxylic acids is 1. The number of hydrogen-bond donors (Lipinski definition) is 1. The van der Waals surface area contributed by atoms with Crippen LogP contribution in [-0.2, 0) is 20.1 Å². The third-order valence-electron chi connectivity index (χ3n) is 0.776. The number of carbonyl (C=O) groups is 1. The summed E-state index contributed by atoms with van der Waals surface area (Å²) < 4.78 is 14.8. The van der Waals surface area contributed by atoms with E-state index in [1.807, 2.05) is 0 Å². The van der Waals surface area contributed by atoms with Gasteiger partial charge in [0.25, 0.3) is 0 Å². The van der Waals surface area contributed by atoms with Crippen LogP contribution in [0.25, 0.3) is 0 Å². The van der Waals surface area contributed by atoms with E-state index >= 15 is 0 Å². The summed E-state index contributed by atoms with van der Waals surface area (Å²) in [5.74, 6) is -0.877. The van der Waals surface area contributed by atoms with Crippen LogP contribution in [0.5, 0.6) is 0 Å². The van der Waals surface area contributed by atoms with Crippen LogP contribution in [0.15, 0.2) is 0 Å². The predicted octanol–water partition coefficient (Wildman–Crippen LogP) is 0.641. The summed E-state index contributed by atoms with van der Waals surface area (Å²) in [6, 6.07) is 0. The lowest BCUT2D eigenvalue weighted by molar-refractivity contribution is -0.125. The Morgan fingerprint density at radius 3 is 2.27 bits per heavy atom. The molecule has 0 fully saturated rings. The van der Waals surface area contributed by atoms with Gasteiger partial charge in [0.2, 0.25) is 11.1 Å². The van der Waals surface area contributed by atoms with E-state index in [9.17, 15) is 9.00 Å². The van der Waals surface area contributed by atoms with Gasteiger partial charge in [-0.3, -0.25) is 0 Å². The van der Waals surface area contributed by atoms with Crippen molar-refractivity contribution in [2.75, 3.05) is 0 Å². The lowest BCUT2D eigenvalue weighted by atomic mass is 10.3. The quantitative estimate of drug-likeness (QED) is 0.629. The van der Waals surface area contributed by atoms with Crippen LogP contribution in [0.2, 0.25) is 0 Å². The molecule has 1 N–H and O–H groups in total. The number of hydrogen-bond acceptors (Lipinski definition) is 4. The van der Waals surface area contributed by atoms with Crippen LogP contribution in [0, 0.1) is 5.41 Å². The van der Waals surface area contributed by atoms with E-state index < -0.39 is 21.8 Å². The molecule has 0 rings (SSSR count). The Bertz CT molecular complexity index is 194. The van der Waals surface area contributed by atoms with E-state index in [2.05, 4.69) is 4.18 Å². The van der Waals surface area contributed by atoms with E-state index in [-0.39, 0.29) is 0 Å². The first-order valence-electron chi connectivity index (χ1n) is 3.02. The molecule has 0 aliphatic carbocycles. The lowest BCUT2D eigenvalue weighted by Crippen LogP contribution is -2.26. The minimum absolute atomic E-state index is 0.490. The number of rotatable bonds is 2. The van der Waals surface area contributed by atoms with Gasteiger partial charge in [0, 0.05) is 0 Å². The van der Waals surface area contributed by atoms with E-state index in [4.69, 9.17) is 5.41 Å². The van der Waals surface area contributed by atoms with Gasteiger partial charge in [-0.1, -0.05) is 0 Å². The highest BCUT2D eigenvalue weighted by Crippen LogP contribution is 2.11. The monoisotopic (exact) mass is 177 g/mol. The van der Waals surface area contributed by atoms with Crippen molar-refractivity contribution in [3.05, 3.63) is 0 Å². The lowest BCUT2D eigenvalue weighted by Gasteiger charge is -2.14. The molecule has 1 unspecified atom stereocenters. The minimum Gasteiger partial charge on any atom is -0.359 e. The van der Waals surface area contributed by atoms with Crippen LogP contribution in [0.3, 0.4) is 0 Å². The maximum atomic E-state index is 11.0. The summed E-state index contributed by atoms with van der Waals surface area (Å²) in [6.07, 6.45) is 0.490. The maximum Gasteiger partial charge on any atom is 0.362 e. The molecule has 0 radical (unpaired) electrons. The maximum absolute atomic E-state index is 11.0. The van der Waals surface area contributed by atoms with Gasteiger partial charge in [-0.25, -0.2) is 9.00 Å². The Labute approximate surface area is 68.1 Å². The summed E-state index contributed by atoms with van der Waals surface area (Å²) in [7, 11) is 0. The van der Waals surface area contributed by atoms with Crippen LogP contribution in [0.4, 0.5) is 0 Å². The highest BCUT2D eigenvalue weighted by molar-refractivity contribution is 7.82. The van der Waals surface area contributed by atoms with Crippen molar-refractivity contribution < 1.29 is 13.2 Å². The molecular formula is C6H11NO3S. The SMILES string of the molecule is CC(C)(C)S(=O)OC(=O)C=N. The molecular weight excluding hydrogens is 166 g/mol. The average molecular weight is 177 g/mol. The summed E-state index contributed by atoms with van der Waals surface area (Å²) in [4.78, 5) is 10.4. The first kappa shape index (κ1) is 10.3. The molecule has 4 nitrogen and oxygen atoms in total. The first-order valence-corrected chi connectivity index (χ1v) is 4.10. The second-order valence-electron chi connectivity index (χ2n) is 2.89. The Hall–Kier alpha value is -0.710. The molecule has 5 heteroatoms. The molecule has 1 atom stereocenters. The molecule has 0 aromatic heterocycles. The normalized spacial score (nSPS) is 13.7. The minimum atomic E-state index is -1.67. The van der Waals surface area contributed by atoms with Crippen molar-refractivity contribution in [1.82, 2.24) is 0 Å². The van der Waals surface area contributed by atoms with Gasteiger partial charge >= 0.3 is 5.97 Å². The Kier molecular flexibility index (Phi) is 3.38. The van der Waals surface area contributed by atoms with Gasteiger partial charge in [-0.05, 0) is 20.8 Å². The van der Waals surface area contributed by atoms with Gasteiger partial charge in [0.1, 0.15) is 6.21 Å². The summed E-state index contributed by atoms with van der Waals surface area (Å²) in [6.45, 7) is 5.04. The fourth-order valence-electron chi connectivity index (χ4n) is 0.224. The molecule has 0 aliphatic rings. The zero-order chi connectivity index (χ0) is 9.07. The van der Waals surface area contributed by atoms with Crippen molar-refractivity contribution in [1.29, 1.82) is 5.41 Å². The number of nitrogens with one attached hydrogen (secondary N) is 1. The van der Waals surface area contributed by atoms with Crippen molar-refractivity contribution in [2.24, 2.45) is 0 Å². The van der Waals surface area contributed by atoms with Crippen molar-refractivity contribution in [2.45, 2.75) is 25.5 Å². The molecule has 64 valence electrons. The van der Waals surface area contributed by atoms with Crippen molar-refractivity contribution >= 4 is 23.3 Å². The molecule has 0 aliphatic heterocycles. The Morgan fingerprint density at radius 2 is 2.00 bits per heavy atom. The third-order valence-corrected chi connectivity index (χ3v) is 2.09. The van der Waals surface area contributed by atoms with Crippen LogP contribution >= 0.6 is 0 Å². The standard InChI is InChI=1S/C6H11NO3S/c1-6(2,3)11(9)10-5(8)4-7/h4,7H,1-3H3. The average Bonchev–Trinajstić information content (AvgIpc) is 1.85. The molecule has 0 saturated heterocycles. The van der Waals surface area contributed by atoms with Gasteiger partial charge in [-0.2, -0.15) is 0 Å². The van der Waals surface area contributed by atoms with Gasteiger partial charge in [-0.15, -0.1) is 0 Å². The van der Waals surface area contributed by atoms with E-state index in [1.54, 1.807) is 20.8 Å². The topological polar surface area (TPSA) is 67.2 Å². The predicted molar refractivity (Wildman–Crippen MR) is 42.8 cm³/mol. The highest BCUT2D eigenvalue weighted by atomic mass is 32.2. The molecule has 0 amide bonds. The zero-order valence-corrected chi connectivity index (χ0v) is 7.53. The van der Waals surface area contributed by atoms with Gasteiger partial charge in [0.15, 0.2) is 0 Å². The summed E-state index contributed by atoms with van der Waals surface area (Å²) in [5.41, 5.74) is 0. The molecule has 11 heavy (non-hydrogen) atoms. The smallest absolute Gasteiger partial charge is 0.359 e. The third kappa shape index (κ3) is 3.87. The Balaban J connectivity index is 4.09. The van der Waals surface area contributed by atoms with Crippen LogP contribution < -0.4 is 0 Å². The molecule has 0 aromatic carbocycles. The second-order valence-corrected chi connectivity index (χ2v) is 4.75. The first-order chi connectivity index (χ1) is 4.88. The summed E-state index contributed by atoms with van der Waals surface area (Å²) >= 11 is -1.67. The fourth-order valence-corrected chi connectivity index (χ4v) is 0.671. The molecule has 0 spiro atoms. The van der Waals surface area contributed by atoms with E-state index in [1.165, 1.54) is 0 Å². The van der Waals surface area contributed by atoms with E-state index in [0.29, 0.717) is 6.21 Å². The summed E-state index contributed by atoms with van der Waals surface area (Å²) in [5, 5.41) is 6.47. The molecule has 0 saturated carbocycles. The molecule has 0 heterocycles. The molecule has 0 aromatic rings. The van der Waals surface area contributed by atoms with Crippen LogP contribution in [-0.4, -0.2) is 21.1 Å².